The topological polar surface area (TPSA) is 29.1 Å². The largest absolute Gasteiger partial charge is 0.349 e. The van der Waals surface area contributed by atoms with E-state index in [9.17, 15) is 9.18 Å². The van der Waals surface area contributed by atoms with E-state index in [1.807, 2.05) is 6.07 Å². The van der Waals surface area contributed by atoms with E-state index in [1.165, 1.54) is 6.07 Å². The van der Waals surface area contributed by atoms with Gasteiger partial charge in [-0.1, -0.05) is 25.0 Å². The second kappa shape index (κ2) is 5.30. The Labute approximate surface area is 101 Å². The lowest BCUT2D eigenvalue weighted by Gasteiger charge is -2.22. The van der Waals surface area contributed by atoms with Gasteiger partial charge in [-0.3, -0.25) is 4.79 Å². The fourth-order valence-electron chi connectivity index (χ4n) is 2.28. The lowest BCUT2D eigenvalue weighted by molar-refractivity contribution is -0.122. The van der Waals surface area contributed by atoms with Crippen molar-refractivity contribution in [2.24, 2.45) is 0 Å². The van der Waals surface area contributed by atoms with Crippen LogP contribution in [0.2, 0.25) is 0 Å². The minimum absolute atomic E-state index is 0.0436. The second-order valence-electron chi connectivity index (χ2n) is 4.73. The third-order valence-corrected chi connectivity index (χ3v) is 3.32. The number of carbonyl (C=O) groups is 1. The van der Waals surface area contributed by atoms with Crippen LogP contribution >= 0.6 is 0 Å². The van der Waals surface area contributed by atoms with Crippen LogP contribution < -0.4 is 5.32 Å². The third-order valence-electron chi connectivity index (χ3n) is 3.32. The summed E-state index contributed by atoms with van der Waals surface area (Å²) in [6.45, 7) is 1.75. The van der Waals surface area contributed by atoms with E-state index in [0.29, 0.717) is 12.0 Å². The highest BCUT2D eigenvalue weighted by atomic mass is 19.1. The molecule has 1 fully saturated rings. The summed E-state index contributed by atoms with van der Waals surface area (Å²) in [7, 11) is 0. The molecule has 0 aliphatic carbocycles. The van der Waals surface area contributed by atoms with Crippen molar-refractivity contribution in [1.29, 1.82) is 0 Å². The van der Waals surface area contributed by atoms with Crippen LogP contribution in [0.25, 0.3) is 0 Å². The quantitative estimate of drug-likeness (QED) is 0.795. The van der Waals surface area contributed by atoms with Crippen molar-refractivity contribution in [1.82, 2.24) is 5.32 Å². The molecule has 1 unspecified atom stereocenters. The van der Waals surface area contributed by atoms with Crippen LogP contribution in [0.3, 0.4) is 0 Å². The zero-order valence-electron chi connectivity index (χ0n) is 10.1. The van der Waals surface area contributed by atoms with Crippen LogP contribution in [0.15, 0.2) is 18.2 Å². The Bertz CT molecular complexity index is 417. The van der Waals surface area contributed by atoms with Gasteiger partial charge >= 0.3 is 0 Å². The molecule has 1 amide bonds. The maximum absolute atomic E-state index is 13.2. The number of carbonyl (C=O) groups excluding carboxylic acids is 1. The summed E-state index contributed by atoms with van der Waals surface area (Å²) in [4.78, 5) is 11.6. The van der Waals surface area contributed by atoms with Gasteiger partial charge in [-0.15, -0.1) is 0 Å². The van der Waals surface area contributed by atoms with Gasteiger partial charge < -0.3 is 5.32 Å². The van der Waals surface area contributed by atoms with Gasteiger partial charge in [0.2, 0.25) is 5.91 Å². The first-order chi connectivity index (χ1) is 8.16. The van der Waals surface area contributed by atoms with Crippen LogP contribution in [0, 0.1) is 12.7 Å². The van der Waals surface area contributed by atoms with Gasteiger partial charge in [-0.25, -0.2) is 4.39 Å². The first kappa shape index (κ1) is 12.1. The molecule has 1 aliphatic heterocycles. The van der Waals surface area contributed by atoms with E-state index in [2.05, 4.69) is 5.32 Å². The van der Waals surface area contributed by atoms with Gasteiger partial charge in [0.1, 0.15) is 5.82 Å². The summed E-state index contributed by atoms with van der Waals surface area (Å²) >= 11 is 0. The Morgan fingerprint density at radius 3 is 2.88 bits per heavy atom. The van der Waals surface area contributed by atoms with Crippen LogP contribution in [0.4, 0.5) is 4.39 Å². The van der Waals surface area contributed by atoms with Crippen molar-refractivity contribution in [3.8, 4) is 0 Å². The Morgan fingerprint density at radius 1 is 1.29 bits per heavy atom. The predicted molar refractivity (Wildman–Crippen MR) is 65.1 cm³/mol. The van der Waals surface area contributed by atoms with Crippen molar-refractivity contribution < 1.29 is 9.18 Å². The van der Waals surface area contributed by atoms with Gasteiger partial charge in [-0.05, 0) is 37.0 Å². The molecule has 1 N–H and O–H groups in total. The lowest BCUT2D eigenvalue weighted by Crippen LogP contribution is -2.29. The number of rotatable bonds is 1. The number of halogens is 1. The Hall–Kier alpha value is -1.38. The van der Waals surface area contributed by atoms with Crippen molar-refractivity contribution in [2.45, 2.75) is 45.1 Å². The molecule has 1 aliphatic rings. The Kier molecular flexibility index (Phi) is 3.77. The first-order valence-corrected chi connectivity index (χ1v) is 6.22. The van der Waals surface area contributed by atoms with Crippen LogP contribution in [0.1, 0.15) is 49.3 Å². The van der Waals surface area contributed by atoms with Crippen LogP contribution in [0.5, 0.6) is 0 Å². The second-order valence-corrected chi connectivity index (χ2v) is 4.73. The van der Waals surface area contributed by atoms with Gasteiger partial charge in [-0.2, -0.15) is 0 Å². The molecule has 0 bridgehead atoms. The average molecular weight is 235 g/mol. The molecule has 0 radical (unpaired) electrons. The number of amides is 1. The minimum Gasteiger partial charge on any atom is -0.349 e. The molecule has 2 nitrogen and oxygen atoms in total. The van der Waals surface area contributed by atoms with Crippen molar-refractivity contribution >= 4 is 5.91 Å². The number of aryl methyl sites for hydroxylation is 1. The number of benzene rings is 1. The Morgan fingerprint density at radius 2 is 2.12 bits per heavy atom. The minimum atomic E-state index is -0.189. The number of hydrogen-bond donors (Lipinski definition) is 1. The molecule has 1 aromatic rings. The molecule has 92 valence electrons. The van der Waals surface area contributed by atoms with Gasteiger partial charge in [0.05, 0.1) is 6.04 Å². The smallest absolute Gasteiger partial charge is 0.220 e. The standard InChI is InChI=1S/C14H18FNO/c1-10-9-11(7-8-12(10)15)13-5-3-2-4-6-14(17)16-13/h7-9,13H,2-6H2,1H3,(H,16,17). The van der Waals surface area contributed by atoms with E-state index in [4.69, 9.17) is 0 Å². The fourth-order valence-corrected chi connectivity index (χ4v) is 2.28. The molecule has 0 saturated carbocycles. The zero-order chi connectivity index (χ0) is 12.3. The highest BCUT2D eigenvalue weighted by Crippen LogP contribution is 2.24. The fraction of sp³-hybridized carbons (Fsp3) is 0.500. The average Bonchev–Trinajstić information content (AvgIpc) is 2.27. The van der Waals surface area contributed by atoms with E-state index < -0.39 is 0 Å². The zero-order valence-corrected chi connectivity index (χ0v) is 10.1. The summed E-state index contributed by atoms with van der Waals surface area (Å²) in [5, 5.41) is 3.02. The molecule has 2 rings (SSSR count). The molecule has 1 heterocycles. The van der Waals surface area contributed by atoms with Crippen molar-refractivity contribution in [3.05, 3.63) is 35.1 Å². The van der Waals surface area contributed by atoms with E-state index in [0.717, 1.165) is 31.2 Å². The van der Waals surface area contributed by atoms with Crippen molar-refractivity contribution in [3.63, 3.8) is 0 Å². The van der Waals surface area contributed by atoms with Gasteiger partial charge in [0.25, 0.3) is 0 Å². The summed E-state index contributed by atoms with van der Waals surface area (Å²) < 4.78 is 13.2. The summed E-state index contributed by atoms with van der Waals surface area (Å²) in [5.74, 6) is -0.0809. The maximum atomic E-state index is 13.2. The molecule has 0 spiro atoms. The lowest BCUT2D eigenvalue weighted by atomic mass is 9.96. The summed E-state index contributed by atoms with van der Waals surface area (Å²) in [6, 6.07) is 5.13. The highest BCUT2D eigenvalue weighted by Gasteiger charge is 2.17. The third kappa shape index (κ3) is 3.05. The SMILES string of the molecule is Cc1cc(C2CCCCCC(=O)N2)ccc1F. The van der Waals surface area contributed by atoms with Crippen LogP contribution in [-0.2, 0) is 4.79 Å². The monoisotopic (exact) mass is 235 g/mol. The summed E-state index contributed by atoms with van der Waals surface area (Å²) in [5.41, 5.74) is 1.65. The summed E-state index contributed by atoms with van der Waals surface area (Å²) in [6.07, 6.45) is 4.74. The number of nitrogens with one attached hydrogen (secondary N) is 1. The highest BCUT2D eigenvalue weighted by molar-refractivity contribution is 5.76. The molecule has 1 aromatic carbocycles. The Balaban J connectivity index is 2.17. The molecule has 3 heteroatoms. The van der Waals surface area contributed by atoms with Gasteiger partial charge in [0, 0.05) is 6.42 Å². The number of hydrogen-bond acceptors (Lipinski definition) is 1. The normalized spacial score (nSPS) is 21.5. The molecule has 17 heavy (non-hydrogen) atoms. The molecule has 1 saturated heterocycles. The maximum Gasteiger partial charge on any atom is 0.220 e. The molecule has 0 aromatic heterocycles. The van der Waals surface area contributed by atoms with E-state index in [-0.39, 0.29) is 17.8 Å². The predicted octanol–water partition coefficient (Wildman–Crippen LogP) is 3.26. The first-order valence-electron chi connectivity index (χ1n) is 6.22. The van der Waals surface area contributed by atoms with E-state index in [1.54, 1.807) is 13.0 Å². The van der Waals surface area contributed by atoms with E-state index >= 15 is 0 Å². The molecular weight excluding hydrogens is 217 g/mol. The molecule has 1 atom stereocenters. The van der Waals surface area contributed by atoms with Crippen LogP contribution in [-0.4, -0.2) is 5.91 Å². The molecular formula is C14H18FNO. The van der Waals surface area contributed by atoms with Gasteiger partial charge in [0.15, 0.2) is 0 Å². The van der Waals surface area contributed by atoms with Crippen molar-refractivity contribution in [2.75, 3.05) is 0 Å².